The van der Waals surface area contributed by atoms with Crippen molar-refractivity contribution in [1.82, 2.24) is 10.2 Å². The van der Waals surface area contributed by atoms with E-state index < -0.39 is 23.3 Å². The fourth-order valence-electron chi connectivity index (χ4n) is 4.37. The first kappa shape index (κ1) is 19.8. The van der Waals surface area contributed by atoms with Crippen LogP contribution >= 0.6 is 0 Å². The van der Waals surface area contributed by atoms with Gasteiger partial charge in [-0.15, -0.1) is 0 Å². The molecule has 9 heteroatoms. The van der Waals surface area contributed by atoms with E-state index in [1.165, 1.54) is 4.90 Å². The van der Waals surface area contributed by atoms with Crippen LogP contribution in [0.4, 0.5) is 10.5 Å². The molecule has 0 saturated carbocycles. The smallest absolute Gasteiger partial charge is 0.329 e. The highest BCUT2D eigenvalue weighted by molar-refractivity contribution is 6.12. The van der Waals surface area contributed by atoms with E-state index in [2.05, 4.69) is 5.32 Å². The minimum atomic E-state index is -1.19. The van der Waals surface area contributed by atoms with Gasteiger partial charge in [-0.1, -0.05) is 0 Å². The molecule has 3 saturated heterocycles. The predicted octanol–water partition coefficient (Wildman–Crippen LogP) is 0.250. The van der Waals surface area contributed by atoms with Gasteiger partial charge >= 0.3 is 6.03 Å². The predicted molar refractivity (Wildman–Crippen MR) is 102 cm³/mol. The van der Waals surface area contributed by atoms with Crippen molar-refractivity contribution in [2.75, 3.05) is 31.1 Å². The fourth-order valence-corrected chi connectivity index (χ4v) is 4.37. The van der Waals surface area contributed by atoms with Gasteiger partial charge in [0.25, 0.3) is 5.91 Å². The third-order valence-electron chi connectivity index (χ3n) is 6.20. The van der Waals surface area contributed by atoms with Crippen LogP contribution in [-0.2, 0) is 9.53 Å². The lowest BCUT2D eigenvalue weighted by Crippen LogP contribution is -2.64. The maximum absolute atomic E-state index is 12.9. The summed E-state index contributed by atoms with van der Waals surface area (Å²) < 4.78 is 5.86. The van der Waals surface area contributed by atoms with Gasteiger partial charge in [-0.05, 0) is 44.0 Å². The molecule has 29 heavy (non-hydrogen) atoms. The zero-order valence-corrected chi connectivity index (χ0v) is 16.3. The van der Waals surface area contributed by atoms with Crippen molar-refractivity contribution in [3.63, 3.8) is 0 Å². The van der Waals surface area contributed by atoms with Gasteiger partial charge in [-0.25, -0.2) is 4.79 Å². The highest BCUT2D eigenvalue weighted by Gasteiger charge is 2.52. The maximum Gasteiger partial charge on any atom is 0.329 e. The molecule has 0 aromatic heterocycles. The standard InChI is InChI=1S/C20H25N3O6/c1-19(28)8-11-29-20(17(19)26)6-9-22(10-7-20)16(25)13-2-4-14(5-3-13)23-12-15(24)21-18(23)27/h2-5,17,26,28H,6-12H2,1H3,(H,21,24,27)/t17-,19+/m0/s1. The first-order valence-electron chi connectivity index (χ1n) is 9.77. The van der Waals surface area contributed by atoms with Crippen LogP contribution in [0.15, 0.2) is 24.3 Å². The first-order valence-corrected chi connectivity index (χ1v) is 9.77. The van der Waals surface area contributed by atoms with E-state index in [9.17, 15) is 24.6 Å². The summed E-state index contributed by atoms with van der Waals surface area (Å²) in [6.07, 6.45) is 0.287. The van der Waals surface area contributed by atoms with Crippen LogP contribution in [0.2, 0.25) is 0 Å². The number of carbonyl (C=O) groups excluding carboxylic acids is 3. The molecule has 0 radical (unpaired) electrons. The second-order valence-electron chi connectivity index (χ2n) is 8.20. The second kappa shape index (κ2) is 7.08. The summed E-state index contributed by atoms with van der Waals surface area (Å²) in [6, 6.07) is 6.07. The van der Waals surface area contributed by atoms with Crippen molar-refractivity contribution in [3.8, 4) is 0 Å². The van der Waals surface area contributed by atoms with E-state index in [4.69, 9.17) is 4.74 Å². The lowest BCUT2D eigenvalue weighted by Gasteiger charge is -2.51. The Balaban J connectivity index is 1.41. The molecular formula is C20H25N3O6. The molecule has 0 aliphatic carbocycles. The Kier molecular flexibility index (Phi) is 4.84. The normalized spacial score (nSPS) is 29.3. The highest BCUT2D eigenvalue weighted by Crippen LogP contribution is 2.40. The van der Waals surface area contributed by atoms with E-state index in [1.807, 2.05) is 0 Å². The average Bonchev–Trinajstić information content (AvgIpc) is 3.04. The number of benzene rings is 1. The van der Waals surface area contributed by atoms with Crippen molar-refractivity contribution in [3.05, 3.63) is 29.8 Å². The highest BCUT2D eigenvalue weighted by atomic mass is 16.5. The van der Waals surface area contributed by atoms with Crippen LogP contribution in [0.5, 0.6) is 0 Å². The summed E-state index contributed by atoms with van der Waals surface area (Å²) >= 11 is 0. The Morgan fingerprint density at radius 2 is 1.83 bits per heavy atom. The molecule has 3 aliphatic rings. The average molecular weight is 403 g/mol. The van der Waals surface area contributed by atoms with E-state index in [0.717, 1.165) is 0 Å². The Hall–Kier alpha value is -2.49. The minimum Gasteiger partial charge on any atom is -0.387 e. The van der Waals surface area contributed by atoms with Crippen LogP contribution in [0.3, 0.4) is 0 Å². The number of rotatable bonds is 2. The maximum atomic E-state index is 12.9. The van der Waals surface area contributed by atoms with Gasteiger partial charge in [-0.3, -0.25) is 19.8 Å². The number of piperidine rings is 1. The summed E-state index contributed by atoms with van der Waals surface area (Å²) in [5.41, 5.74) is -0.988. The van der Waals surface area contributed by atoms with Crippen molar-refractivity contribution >= 4 is 23.5 Å². The third kappa shape index (κ3) is 3.50. The largest absolute Gasteiger partial charge is 0.387 e. The molecule has 3 fully saturated rings. The number of nitrogens with zero attached hydrogens (tertiary/aromatic N) is 2. The molecule has 156 valence electrons. The van der Waals surface area contributed by atoms with Gasteiger partial charge in [0.1, 0.15) is 18.2 Å². The summed E-state index contributed by atoms with van der Waals surface area (Å²) in [4.78, 5) is 38.9. The third-order valence-corrected chi connectivity index (χ3v) is 6.20. The van der Waals surface area contributed by atoms with Crippen LogP contribution in [0.25, 0.3) is 0 Å². The number of hydrogen-bond acceptors (Lipinski definition) is 6. The molecule has 1 aromatic carbocycles. The molecule has 1 spiro atoms. The molecule has 9 nitrogen and oxygen atoms in total. The second-order valence-corrected chi connectivity index (χ2v) is 8.20. The van der Waals surface area contributed by atoms with Gasteiger partial charge in [0.15, 0.2) is 0 Å². The van der Waals surface area contributed by atoms with Gasteiger partial charge in [0, 0.05) is 30.8 Å². The minimum absolute atomic E-state index is 0.0353. The monoisotopic (exact) mass is 403 g/mol. The number of urea groups is 1. The van der Waals surface area contributed by atoms with Crippen LogP contribution < -0.4 is 10.2 Å². The quantitative estimate of drug-likeness (QED) is 0.609. The van der Waals surface area contributed by atoms with Crippen molar-refractivity contribution in [2.24, 2.45) is 0 Å². The summed E-state index contributed by atoms with van der Waals surface area (Å²) in [5.74, 6) is -0.506. The molecule has 0 bridgehead atoms. The summed E-state index contributed by atoms with van der Waals surface area (Å²) in [5, 5.41) is 23.2. The van der Waals surface area contributed by atoms with Gasteiger partial charge in [0.2, 0.25) is 5.91 Å². The zero-order valence-electron chi connectivity index (χ0n) is 16.3. The van der Waals surface area contributed by atoms with Gasteiger partial charge in [-0.2, -0.15) is 0 Å². The molecule has 4 rings (SSSR count). The number of hydrogen-bond donors (Lipinski definition) is 3. The molecule has 3 N–H and O–H groups in total. The lowest BCUT2D eigenvalue weighted by molar-refractivity contribution is -0.244. The number of ether oxygens (including phenoxy) is 1. The van der Waals surface area contributed by atoms with Crippen molar-refractivity contribution in [1.29, 1.82) is 0 Å². The number of carbonyl (C=O) groups is 3. The van der Waals surface area contributed by atoms with Gasteiger partial charge in [0.05, 0.1) is 12.2 Å². The number of likely N-dealkylation sites (tertiary alicyclic amines) is 1. The number of aliphatic hydroxyl groups excluding tert-OH is 1. The Morgan fingerprint density at radius 1 is 1.17 bits per heavy atom. The van der Waals surface area contributed by atoms with Crippen LogP contribution in [0, 0.1) is 0 Å². The molecule has 4 amide bonds. The molecule has 2 atom stereocenters. The lowest BCUT2D eigenvalue weighted by atomic mass is 9.75. The van der Waals surface area contributed by atoms with Crippen LogP contribution in [0.1, 0.15) is 36.5 Å². The van der Waals surface area contributed by atoms with E-state index in [0.29, 0.717) is 50.2 Å². The fraction of sp³-hybridized carbons (Fsp3) is 0.550. The molecule has 3 heterocycles. The summed E-state index contributed by atoms with van der Waals surface area (Å²) in [7, 11) is 0. The molecule has 3 aliphatic heterocycles. The number of nitrogens with one attached hydrogen (secondary N) is 1. The van der Waals surface area contributed by atoms with Crippen molar-refractivity contribution in [2.45, 2.75) is 43.5 Å². The molecule has 1 aromatic rings. The van der Waals surface area contributed by atoms with Gasteiger partial charge < -0.3 is 19.8 Å². The Bertz CT molecular complexity index is 829. The first-order chi connectivity index (χ1) is 13.7. The zero-order chi connectivity index (χ0) is 20.8. The Labute approximate surface area is 168 Å². The number of imide groups is 1. The molecular weight excluding hydrogens is 378 g/mol. The summed E-state index contributed by atoms with van der Waals surface area (Å²) in [6.45, 7) is 2.79. The number of anilines is 1. The van der Waals surface area contributed by atoms with E-state index in [-0.39, 0.29) is 18.4 Å². The van der Waals surface area contributed by atoms with Crippen molar-refractivity contribution < 1.29 is 29.3 Å². The topological polar surface area (TPSA) is 119 Å². The Morgan fingerprint density at radius 3 is 2.41 bits per heavy atom. The van der Waals surface area contributed by atoms with E-state index >= 15 is 0 Å². The number of aliphatic hydroxyl groups is 2. The SMILES string of the molecule is C[C@@]1(O)CCOC2(CCN(C(=O)c3ccc(N4CC(=O)NC4=O)cc3)CC2)[C@H]1O. The molecule has 0 unspecified atom stereocenters. The van der Waals surface area contributed by atoms with E-state index in [1.54, 1.807) is 36.1 Å². The van der Waals surface area contributed by atoms with Crippen LogP contribution in [-0.4, -0.2) is 76.5 Å². The number of amides is 4.